The molecule has 0 aromatic rings. The minimum atomic E-state index is -1.14. The van der Waals surface area contributed by atoms with E-state index in [1.54, 1.807) is 6.92 Å². The van der Waals surface area contributed by atoms with Crippen LogP contribution in [0.15, 0.2) is 0 Å². The Morgan fingerprint density at radius 2 is 2.56 bits per heavy atom. The van der Waals surface area contributed by atoms with E-state index in [-0.39, 0.29) is 0 Å². The van der Waals surface area contributed by atoms with Crippen LogP contribution >= 0.6 is 0 Å². The van der Waals surface area contributed by atoms with Gasteiger partial charge in [0.25, 0.3) is 0 Å². The Bertz CT molecular complexity index is 115. The lowest BCUT2D eigenvalue weighted by Crippen LogP contribution is -2.41. The first-order valence-electron chi connectivity index (χ1n) is 3.14. The lowest BCUT2D eigenvalue weighted by atomic mass is 10.1. The highest BCUT2D eigenvalue weighted by Gasteiger charge is 2.19. The van der Waals surface area contributed by atoms with Gasteiger partial charge in [-0.05, 0) is 6.42 Å². The summed E-state index contributed by atoms with van der Waals surface area (Å²) in [5, 5.41) is 12.4. The average molecular weight is 134 g/mol. The van der Waals surface area contributed by atoms with Gasteiger partial charge >= 0.3 is 5.97 Å². The van der Waals surface area contributed by atoms with Gasteiger partial charge in [0.15, 0.2) is 0 Å². The second-order valence-electron chi connectivity index (χ2n) is 1.81. The first-order chi connectivity index (χ1) is 4.63. The van der Waals surface area contributed by atoms with E-state index in [0.29, 0.717) is 6.42 Å². The topological polar surface area (TPSA) is 83.5 Å². The number of rotatable bonds is 4. The molecule has 4 N–H and O–H groups in total. The van der Waals surface area contributed by atoms with E-state index < -0.39 is 18.1 Å². The fourth-order valence-electron chi connectivity index (χ4n) is 0.413. The highest BCUT2D eigenvalue weighted by Crippen LogP contribution is 1.94. The number of hydrogen-bond donors (Lipinski definition) is 3. The van der Waals surface area contributed by atoms with Gasteiger partial charge in [0.2, 0.25) is 1.43 Å². The summed E-state index contributed by atoms with van der Waals surface area (Å²) in [5.41, 5.74) is 5.14. The van der Waals surface area contributed by atoms with Gasteiger partial charge in [-0.1, -0.05) is 6.92 Å². The maximum atomic E-state index is 10.2. The molecule has 0 aliphatic heterocycles. The molecule has 0 aromatic heterocycles. The monoisotopic (exact) mass is 134 g/mol. The molecule has 0 saturated heterocycles. The predicted octanol–water partition coefficient (Wildman–Crippen LogP) is -0.831. The van der Waals surface area contributed by atoms with E-state index >= 15 is 0 Å². The molecule has 0 bridgehead atoms. The maximum absolute atomic E-state index is 10.2. The van der Waals surface area contributed by atoms with Crippen molar-refractivity contribution in [2.45, 2.75) is 25.5 Å². The number of carboxylic acids is 1. The second kappa shape index (κ2) is 3.42. The van der Waals surface area contributed by atoms with Crippen molar-refractivity contribution >= 4 is 5.97 Å². The summed E-state index contributed by atoms with van der Waals surface area (Å²) < 4.78 is 6.44. The molecule has 0 spiro atoms. The third kappa shape index (κ3) is 2.43. The summed E-state index contributed by atoms with van der Waals surface area (Å²) in [7, 11) is 0. The normalized spacial score (nSPS) is 18.2. The third-order valence-corrected chi connectivity index (χ3v) is 1.09. The molecule has 4 nitrogen and oxygen atoms in total. The van der Waals surface area contributed by atoms with Crippen LogP contribution in [-0.2, 0) is 4.79 Å². The van der Waals surface area contributed by atoms with E-state index in [9.17, 15) is 4.79 Å². The Balaban J connectivity index is 3.88. The standard InChI is InChI=1S/C5H11NO3/c1-2-3(7)4(6)5(8)9/h3-4,7H,2,6H2,1H3,(H,8,9)/t3?,4-/m0/s1/i7D. The van der Waals surface area contributed by atoms with Gasteiger partial charge in [-0.3, -0.25) is 4.79 Å². The lowest BCUT2D eigenvalue weighted by Gasteiger charge is -2.10. The zero-order chi connectivity index (χ0) is 8.15. The van der Waals surface area contributed by atoms with Crippen molar-refractivity contribution in [3.8, 4) is 0 Å². The molecule has 0 saturated carbocycles. The van der Waals surface area contributed by atoms with Crippen LogP contribution < -0.4 is 5.73 Å². The fourth-order valence-corrected chi connectivity index (χ4v) is 0.413. The lowest BCUT2D eigenvalue weighted by molar-refractivity contribution is -0.141. The molecule has 1 unspecified atom stereocenters. The van der Waals surface area contributed by atoms with Gasteiger partial charge in [-0.2, -0.15) is 0 Å². The molecule has 9 heavy (non-hydrogen) atoms. The number of aliphatic hydroxyl groups excluding tert-OH is 1. The SMILES string of the molecule is [2H]OC(CC)[C@H](N)C(=O)O. The summed E-state index contributed by atoms with van der Waals surface area (Å²) in [6.07, 6.45) is -0.283. The molecule has 0 fully saturated rings. The molecular weight excluding hydrogens is 122 g/mol. The number of hydrogen-bond acceptors (Lipinski definition) is 3. The molecule has 0 heterocycles. The molecule has 0 aromatic carbocycles. The van der Waals surface area contributed by atoms with Gasteiger partial charge in [0, 0.05) is 0 Å². The molecule has 54 valence electrons. The van der Waals surface area contributed by atoms with E-state index in [4.69, 9.17) is 12.3 Å². The highest BCUT2D eigenvalue weighted by molar-refractivity contribution is 5.73. The van der Waals surface area contributed by atoms with E-state index in [0.717, 1.165) is 0 Å². The number of carboxylic acid groups (broad SMARTS) is 1. The average Bonchev–Trinajstić information content (AvgIpc) is 1.90. The molecule has 0 aliphatic carbocycles. The zero-order valence-corrected chi connectivity index (χ0v) is 5.20. The van der Waals surface area contributed by atoms with Crippen LogP contribution in [-0.4, -0.2) is 29.8 Å². The predicted molar refractivity (Wildman–Crippen MR) is 31.9 cm³/mol. The van der Waals surface area contributed by atoms with Gasteiger partial charge in [0.05, 0.1) is 6.10 Å². The summed E-state index contributed by atoms with van der Waals surface area (Å²) in [6.45, 7) is 1.71. The Morgan fingerprint density at radius 3 is 2.67 bits per heavy atom. The maximum Gasteiger partial charge on any atom is 0.323 e. The number of aliphatic carboxylic acids is 1. The van der Waals surface area contributed by atoms with Gasteiger partial charge in [-0.25, -0.2) is 0 Å². The Morgan fingerprint density at radius 1 is 2.00 bits per heavy atom. The van der Waals surface area contributed by atoms with Gasteiger partial charge in [0.1, 0.15) is 6.04 Å². The summed E-state index contributed by atoms with van der Waals surface area (Å²) >= 11 is 0. The van der Waals surface area contributed by atoms with E-state index in [1.165, 1.54) is 0 Å². The van der Waals surface area contributed by atoms with Crippen molar-refractivity contribution < 1.29 is 15.0 Å². The minimum absolute atomic E-state index is 0.428. The van der Waals surface area contributed by atoms with E-state index in [2.05, 4.69) is 5.11 Å². The van der Waals surface area contributed by atoms with Gasteiger partial charge in [-0.15, -0.1) is 0 Å². The van der Waals surface area contributed by atoms with Crippen LogP contribution in [0.3, 0.4) is 0 Å². The van der Waals surface area contributed by atoms with Crippen LogP contribution in [0.4, 0.5) is 0 Å². The quantitative estimate of drug-likeness (QED) is 0.468. The number of carbonyl (C=O) groups is 1. The van der Waals surface area contributed by atoms with Crippen molar-refractivity contribution in [3.05, 3.63) is 0 Å². The number of nitrogens with two attached hydrogens (primary N) is 1. The van der Waals surface area contributed by atoms with Crippen molar-refractivity contribution in [2.75, 3.05) is 0 Å². The fraction of sp³-hybridized carbons (Fsp3) is 0.800. The van der Waals surface area contributed by atoms with Crippen LogP contribution in [0.25, 0.3) is 0 Å². The molecule has 0 aliphatic rings. The van der Waals surface area contributed by atoms with Crippen molar-refractivity contribution in [2.24, 2.45) is 5.73 Å². The Kier molecular flexibility index (Phi) is 2.48. The van der Waals surface area contributed by atoms with Crippen molar-refractivity contribution in [3.63, 3.8) is 0 Å². The molecule has 0 amide bonds. The first kappa shape index (κ1) is 6.51. The van der Waals surface area contributed by atoms with Crippen LogP contribution in [0.1, 0.15) is 13.3 Å². The molecule has 0 rings (SSSR count). The Labute approximate surface area is 54.8 Å². The second-order valence-corrected chi connectivity index (χ2v) is 1.81. The third-order valence-electron chi connectivity index (χ3n) is 1.09. The van der Waals surface area contributed by atoms with Crippen LogP contribution in [0.5, 0.6) is 0 Å². The van der Waals surface area contributed by atoms with Crippen LogP contribution in [0, 0.1) is 0 Å². The van der Waals surface area contributed by atoms with Crippen molar-refractivity contribution in [1.29, 1.82) is 1.43 Å². The smallest absolute Gasteiger partial charge is 0.323 e. The van der Waals surface area contributed by atoms with Crippen molar-refractivity contribution in [1.82, 2.24) is 0 Å². The summed E-state index contributed by atoms with van der Waals surface area (Å²) in [5.74, 6) is -1.14. The summed E-state index contributed by atoms with van der Waals surface area (Å²) in [6, 6.07) is -1.09. The minimum Gasteiger partial charge on any atom is -0.480 e. The number of aliphatic hydroxyl groups is 1. The molecule has 4 heteroatoms. The zero-order valence-electron chi connectivity index (χ0n) is 6.20. The van der Waals surface area contributed by atoms with Crippen LogP contribution in [0.2, 0.25) is 0 Å². The first-order valence-corrected chi connectivity index (χ1v) is 2.73. The van der Waals surface area contributed by atoms with Gasteiger partial charge < -0.3 is 15.9 Å². The van der Waals surface area contributed by atoms with E-state index in [1.807, 2.05) is 0 Å². The molecular formula is C5H11NO3. The molecule has 0 radical (unpaired) electrons. The largest absolute Gasteiger partial charge is 0.480 e. The summed E-state index contributed by atoms with van der Waals surface area (Å²) in [4.78, 5) is 10.2. The highest BCUT2D eigenvalue weighted by atomic mass is 16.4. The Hall–Kier alpha value is -0.610. The molecule has 2 atom stereocenters.